The molecule has 0 aliphatic rings. The van der Waals surface area contributed by atoms with Crippen molar-refractivity contribution >= 4 is 39.2 Å². The Bertz CT molecular complexity index is 566. The smallest absolute Gasteiger partial charge is 0.346 e. The minimum atomic E-state index is -0.831. The van der Waals surface area contributed by atoms with Crippen molar-refractivity contribution in [1.29, 1.82) is 0 Å². The summed E-state index contributed by atoms with van der Waals surface area (Å²) in [6, 6.07) is 7.87. The molecule has 2 rings (SSSR count). The lowest BCUT2D eigenvalue weighted by Crippen LogP contribution is -2.16. The predicted octanol–water partition coefficient (Wildman–Crippen LogP) is 3.44. The van der Waals surface area contributed by atoms with Crippen molar-refractivity contribution in [3.8, 4) is 0 Å². The first-order valence-corrected chi connectivity index (χ1v) is 8.38. The van der Waals surface area contributed by atoms with Crippen molar-refractivity contribution in [3.05, 3.63) is 34.7 Å². The summed E-state index contributed by atoms with van der Waals surface area (Å²) >= 11 is 3.18. The van der Waals surface area contributed by atoms with E-state index in [1.54, 1.807) is 0 Å². The zero-order valence-electron chi connectivity index (χ0n) is 10.8. The maximum atomic E-state index is 11.3. The van der Waals surface area contributed by atoms with E-state index in [0.717, 1.165) is 34.4 Å². The van der Waals surface area contributed by atoms with Crippen molar-refractivity contribution in [2.24, 2.45) is 0 Å². The van der Waals surface area contributed by atoms with E-state index in [4.69, 9.17) is 0 Å². The molecule has 1 aromatic heterocycles. The number of rotatable bonds is 7. The van der Waals surface area contributed by atoms with Gasteiger partial charge in [0, 0.05) is 11.2 Å². The Labute approximate surface area is 121 Å². The summed E-state index contributed by atoms with van der Waals surface area (Å²) in [5.41, 5.74) is 0.914. The van der Waals surface area contributed by atoms with Gasteiger partial charge in [-0.25, -0.2) is 4.79 Å². The first kappa shape index (κ1) is 14.4. The summed E-state index contributed by atoms with van der Waals surface area (Å²) in [7, 11) is 0. The molecule has 0 saturated heterocycles. The van der Waals surface area contributed by atoms with E-state index in [2.05, 4.69) is 11.6 Å². The number of thiophene rings is 1. The van der Waals surface area contributed by atoms with E-state index >= 15 is 0 Å². The fraction of sp³-hybridized carbons (Fsp3) is 0.357. The van der Waals surface area contributed by atoms with Gasteiger partial charge in [-0.15, -0.1) is 11.3 Å². The molecule has 5 heteroatoms. The van der Waals surface area contributed by atoms with E-state index in [1.165, 1.54) is 11.3 Å². The van der Waals surface area contributed by atoms with Crippen LogP contribution in [0.4, 0.5) is 0 Å². The Hall–Kier alpha value is -1.04. The lowest BCUT2D eigenvalue weighted by molar-refractivity contribution is 0.0701. The molecule has 2 N–H and O–H groups in total. The van der Waals surface area contributed by atoms with Crippen LogP contribution in [0, 0.1) is 0 Å². The summed E-state index contributed by atoms with van der Waals surface area (Å²) < 4.78 is 1.04. The molecule has 3 nitrogen and oxygen atoms in total. The van der Waals surface area contributed by atoms with Crippen LogP contribution in [-0.4, -0.2) is 29.6 Å². The predicted molar refractivity (Wildman–Crippen MR) is 83.5 cm³/mol. The number of carbonyl (C=O) groups is 1. The molecule has 0 aliphatic carbocycles. The molecule has 0 fully saturated rings. The van der Waals surface area contributed by atoms with Crippen LogP contribution in [0.25, 0.3) is 10.1 Å². The van der Waals surface area contributed by atoms with Crippen LogP contribution in [0.2, 0.25) is 0 Å². The third-order valence-electron chi connectivity index (χ3n) is 2.90. The lowest BCUT2D eigenvalue weighted by atomic mass is 10.1. The number of nitrogens with one attached hydrogen (secondary N) is 1. The first-order valence-electron chi connectivity index (χ1n) is 6.17. The Morgan fingerprint density at radius 3 is 2.95 bits per heavy atom. The molecule has 102 valence electrons. The second-order valence-corrected chi connectivity index (χ2v) is 6.27. The molecule has 0 spiro atoms. The molecule has 0 aliphatic heterocycles. The normalized spacial score (nSPS) is 11.0. The molecule has 19 heavy (non-hydrogen) atoms. The molecule has 0 radical (unpaired) electrons. The number of thioether (sulfide) groups is 1. The largest absolute Gasteiger partial charge is 0.477 e. The van der Waals surface area contributed by atoms with Crippen molar-refractivity contribution in [2.75, 3.05) is 18.6 Å². The van der Waals surface area contributed by atoms with Gasteiger partial charge in [-0.05, 0) is 42.0 Å². The van der Waals surface area contributed by atoms with Gasteiger partial charge in [-0.2, -0.15) is 11.8 Å². The molecule has 0 atom stereocenters. The van der Waals surface area contributed by atoms with Gasteiger partial charge in [0.2, 0.25) is 0 Å². The number of benzene rings is 1. The minimum absolute atomic E-state index is 0.457. The van der Waals surface area contributed by atoms with Gasteiger partial charge >= 0.3 is 5.97 Å². The SMILES string of the molecule is CSCCCNCc1c(C(=O)O)sc2ccccc12. The number of fused-ring (bicyclic) bond motifs is 1. The molecule has 0 amide bonds. The molecule has 1 aromatic carbocycles. The molecule has 0 unspecified atom stereocenters. The summed E-state index contributed by atoms with van der Waals surface area (Å²) in [6.07, 6.45) is 3.19. The highest BCUT2D eigenvalue weighted by molar-refractivity contribution is 7.98. The number of carboxylic acid groups (broad SMARTS) is 1. The maximum Gasteiger partial charge on any atom is 0.346 e. The number of aromatic carboxylic acids is 1. The third-order valence-corrected chi connectivity index (χ3v) is 4.79. The van der Waals surface area contributed by atoms with E-state index in [1.807, 2.05) is 36.0 Å². The number of hydrogen-bond acceptors (Lipinski definition) is 4. The average molecular weight is 295 g/mol. The highest BCUT2D eigenvalue weighted by atomic mass is 32.2. The van der Waals surface area contributed by atoms with Crippen LogP contribution in [0.15, 0.2) is 24.3 Å². The fourth-order valence-corrected chi connectivity index (χ4v) is 3.50. The Morgan fingerprint density at radius 1 is 1.42 bits per heavy atom. The van der Waals surface area contributed by atoms with Crippen LogP contribution in [0.1, 0.15) is 21.7 Å². The monoisotopic (exact) mass is 295 g/mol. The van der Waals surface area contributed by atoms with Crippen molar-refractivity contribution in [1.82, 2.24) is 5.32 Å². The molecule has 0 saturated carbocycles. The van der Waals surface area contributed by atoms with Crippen LogP contribution in [-0.2, 0) is 6.54 Å². The molecule has 1 heterocycles. The zero-order valence-corrected chi connectivity index (χ0v) is 12.4. The van der Waals surface area contributed by atoms with Gasteiger partial charge < -0.3 is 10.4 Å². The zero-order chi connectivity index (χ0) is 13.7. The highest BCUT2D eigenvalue weighted by Crippen LogP contribution is 2.31. The quantitative estimate of drug-likeness (QED) is 0.768. The van der Waals surface area contributed by atoms with Gasteiger partial charge in [0.25, 0.3) is 0 Å². The fourth-order valence-electron chi connectivity index (χ4n) is 2.00. The third kappa shape index (κ3) is 3.49. The van der Waals surface area contributed by atoms with Gasteiger partial charge in [0.05, 0.1) is 0 Å². The summed E-state index contributed by atoms with van der Waals surface area (Å²) in [5, 5.41) is 13.7. The molecular weight excluding hydrogens is 278 g/mol. The number of hydrogen-bond donors (Lipinski definition) is 2. The molecular formula is C14H17NO2S2. The van der Waals surface area contributed by atoms with E-state index in [-0.39, 0.29) is 0 Å². The summed E-state index contributed by atoms with van der Waals surface area (Å²) in [6.45, 7) is 1.55. The lowest BCUT2D eigenvalue weighted by Gasteiger charge is -2.05. The maximum absolute atomic E-state index is 11.3. The topological polar surface area (TPSA) is 49.3 Å². The van der Waals surface area contributed by atoms with Gasteiger partial charge in [-0.1, -0.05) is 18.2 Å². The second kappa shape index (κ2) is 6.93. The van der Waals surface area contributed by atoms with Crippen LogP contribution < -0.4 is 5.32 Å². The van der Waals surface area contributed by atoms with Crippen LogP contribution in [0.3, 0.4) is 0 Å². The summed E-state index contributed by atoms with van der Waals surface area (Å²) in [5.74, 6) is 0.297. The Balaban J connectivity index is 2.15. The molecule has 2 aromatic rings. The average Bonchev–Trinajstić information content (AvgIpc) is 2.78. The first-order chi connectivity index (χ1) is 9.24. The minimum Gasteiger partial charge on any atom is -0.477 e. The van der Waals surface area contributed by atoms with Crippen molar-refractivity contribution in [3.63, 3.8) is 0 Å². The van der Waals surface area contributed by atoms with Crippen LogP contribution in [0.5, 0.6) is 0 Å². The number of carboxylic acids is 1. The summed E-state index contributed by atoms with van der Waals surface area (Å²) in [4.78, 5) is 11.8. The van der Waals surface area contributed by atoms with Crippen molar-refractivity contribution < 1.29 is 9.90 Å². The van der Waals surface area contributed by atoms with E-state index in [0.29, 0.717) is 11.4 Å². The standard InChI is InChI=1S/C14H17NO2S2/c1-18-8-4-7-15-9-11-10-5-2-3-6-12(10)19-13(11)14(16)17/h2-3,5-6,15H,4,7-9H2,1H3,(H,16,17). The van der Waals surface area contributed by atoms with Gasteiger partial charge in [-0.3, -0.25) is 0 Å². The molecule has 0 bridgehead atoms. The van der Waals surface area contributed by atoms with Gasteiger partial charge in [0.15, 0.2) is 0 Å². The highest BCUT2D eigenvalue weighted by Gasteiger charge is 2.16. The Kier molecular flexibility index (Phi) is 5.24. The van der Waals surface area contributed by atoms with Gasteiger partial charge in [0.1, 0.15) is 4.88 Å². The van der Waals surface area contributed by atoms with Crippen molar-refractivity contribution in [2.45, 2.75) is 13.0 Å². The van der Waals surface area contributed by atoms with Crippen LogP contribution >= 0.6 is 23.1 Å². The van der Waals surface area contributed by atoms with E-state index < -0.39 is 5.97 Å². The Morgan fingerprint density at radius 2 is 2.21 bits per heavy atom. The second-order valence-electron chi connectivity index (χ2n) is 4.23. The van der Waals surface area contributed by atoms with E-state index in [9.17, 15) is 9.90 Å².